The van der Waals surface area contributed by atoms with Crippen LogP contribution in [0.2, 0.25) is 0 Å². The van der Waals surface area contributed by atoms with Crippen molar-refractivity contribution in [3.05, 3.63) is 137 Å². The summed E-state index contributed by atoms with van der Waals surface area (Å²) >= 11 is 0. The third-order valence-electron chi connectivity index (χ3n) is 12.0. The smallest absolute Gasteiger partial charge is 0.262 e. The van der Waals surface area contributed by atoms with Gasteiger partial charge in [-0.2, -0.15) is 0 Å². The first-order chi connectivity index (χ1) is 28.2. The number of piperazine rings is 1. The molecule has 1 unspecified atom stereocenters. The van der Waals surface area contributed by atoms with Crippen molar-refractivity contribution in [3.63, 3.8) is 0 Å². The van der Waals surface area contributed by atoms with Gasteiger partial charge in [0, 0.05) is 44.1 Å². The van der Waals surface area contributed by atoms with Gasteiger partial charge in [-0.25, -0.2) is 0 Å². The van der Waals surface area contributed by atoms with Gasteiger partial charge in [-0.1, -0.05) is 68.1 Å². The maximum Gasteiger partial charge on any atom is 0.262 e. The van der Waals surface area contributed by atoms with E-state index in [9.17, 15) is 19.5 Å². The summed E-state index contributed by atoms with van der Waals surface area (Å²) in [6, 6.07) is 31.0. The van der Waals surface area contributed by atoms with Gasteiger partial charge in [-0.15, -0.1) is 0 Å². The lowest BCUT2D eigenvalue weighted by molar-refractivity contribution is -0.125. The third kappa shape index (κ3) is 8.44. The number of amides is 3. The van der Waals surface area contributed by atoms with E-state index in [1.165, 1.54) is 11.1 Å². The van der Waals surface area contributed by atoms with Crippen molar-refractivity contribution >= 4 is 34.6 Å². The number of carbonyl (C=O) groups excluding carboxylic acids is 3. The molecule has 2 saturated heterocycles. The van der Waals surface area contributed by atoms with Crippen LogP contribution >= 0.6 is 0 Å². The van der Waals surface area contributed by atoms with Gasteiger partial charge < -0.3 is 24.8 Å². The molecule has 1 saturated carbocycles. The Bertz CT molecular complexity index is 2170. The SMILES string of the molecule is C=C1CCC(N2C(=O)c3ccc(N4CCN(CCOC5CCC(Oc6ccc(/C(=C(/CC)c7ccccc7)c7ccc(O)cc7)cc6)CC5)CC4)cc3C2=O)C(=O)N1. The average Bonchev–Trinajstić information content (AvgIpc) is 3.49. The molecule has 2 N–H and O–H groups in total. The minimum Gasteiger partial charge on any atom is -0.508 e. The van der Waals surface area contributed by atoms with E-state index in [1.807, 2.05) is 30.3 Å². The zero-order valence-electron chi connectivity index (χ0n) is 33.2. The van der Waals surface area contributed by atoms with Crippen molar-refractivity contribution in [1.29, 1.82) is 0 Å². The maximum absolute atomic E-state index is 13.4. The number of phenolic OH excluding ortho intramolecular Hbond substituents is 1. The second kappa shape index (κ2) is 17.4. The molecule has 0 aromatic heterocycles. The Kier molecular flexibility index (Phi) is 11.8. The van der Waals surface area contributed by atoms with Crippen molar-refractivity contribution in [3.8, 4) is 11.5 Å². The fourth-order valence-electron chi connectivity index (χ4n) is 8.83. The number of rotatable bonds is 12. The van der Waals surface area contributed by atoms with Crippen LogP contribution in [0.15, 0.2) is 109 Å². The minimum atomic E-state index is -0.810. The van der Waals surface area contributed by atoms with Crippen molar-refractivity contribution in [2.45, 2.75) is 70.1 Å². The molecule has 1 atom stereocenters. The van der Waals surface area contributed by atoms with Gasteiger partial charge in [0.25, 0.3) is 11.8 Å². The number of imide groups is 1. The highest BCUT2D eigenvalue weighted by molar-refractivity contribution is 6.23. The van der Waals surface area contributed by atoms with E-state index in [-0.39, 0.29) is 23.9 Å². The number of carbonyl (C=O) groups is 3. The predicted molar refractivity (Wildman–Crippen MR) is 226 cm³/mol. The molecule has 1 aliphatic carbocycles. The summed E-state index contributed by atoms with van der Waals surface area (Å²) in [5, 5.41) is 12.7. The number of aromatic hydroxyl groups is 1. The minimum absolute atomic E-state index is 0.157. The Balaban J connectivity index is 0.786. The van der Waals surface area contributed by atoms with Crippen molar-refractivity contribution in [2.24, 2.45) is 0 Å². The number of fused-ring (bicyclic) bond motifs is 1. The number of allylic oxidation sites excluding steroid dienone is 2. The van der Waals surface area contributed by atoms with E-state index < -0.39 is 17.9 Å². The topological polar surface area (TPSA) is 112 Å². The molecule has 10 nitrogen and oxygen atoms in total. The number of hydrogen-bond acceptors (Lipinski definition) is 8. The lowest BCUT2D eigenvalue weighted by Gasteiger charge is -2.36. The van der Waals surface area contributed by atoms with Gasteiger partial charge in [0.05, 0.1) is 29.9 Å². The molecule has 8 rings (SSSR count). The van der Waals surface area contributed by atoms with Gasteiger partial charge in [-0.3, -0.25) is 24.2 Å². The van der Waals surface area contributed by atoms with Crippen LogP contribution in [0.3, 0.4) is 0 Å². The third-order valence-corrected chi connectivity index (χ3v) is 12.0. The Morgan fingerprint density at radius 3 is 2.09 bits per heavy atom. The first-order valence-corrected chi connectivity index (χ1v) is 20.7. The van der Waals surface area contributed by atoms with E-state index in [4.69, 9.17) is 9.47 Å². The Morgan fingerprint density at radius 1 is 0.759 bits per heavy atom. The van der Waals surface area contributed by atoms with Crippen LogP contribution in [0, 0.1) is 0 Å². The quantitative estimate of drug-likeness (QED) is 0.111. The average molecular weight is 781 g/mol. The molecular weight excluding hydrogens is 729 g/mol. The van der Waals surface area contributed by atoms with E-state index >= 15 is 0 Å². The van der Waals surface area contributed by atoms with Crippen LogP contribution in [0.5, 0.6) is 11.5 Å². The maximum atomic E-state index is 13.4. The zero-order chi connectivity index (χ0) is 40.2. The largest absolute Gasteiger partial charge is 0.508 e. The summed E-state index contributed by atoms with van der Waals surface area (Å²) in [4.78, 5) is 44.9. The highest BCUT2D eigenvalue weighted by Crippen LogP contribution is 2.37. The molecule has 58 heavy (non-hydrogen) atoms. The number of hydrogen-bond donors (Lipinski definition) is 2. The molecule has 3 aliphatic heterocycles. The predicted octanol–water partition coefficient (Wildman–Crippen LogP) is 7.68. The van der Waals surface area contributed by atoms with Crippen LogP contribution in [-0.2, 0) is 9.53 Å². The summed E-state index contributed by atoms with van der Waals surface area (Å²) in [5.41, 5.74) is 8.02. The van der Waals surface area contributed by atoms with E-state index in [1.54, 1.807) is 18.2 Å². The molecule has 0 bridgehead atoms. The molecule has 3 heterocycles. The van der Waals surface area contributed by atoms with Crippen LogP contribution in [0.25, 0.3) is 11.1 Å². The Hall–Kier alpha value is -5.71. The van der Waals surface area contributed by atoms with Gasteiger partial charge >= 0.3 is 0 Å². The second-order valence-corrected chi connectivity index (χ2v) is 15.7. The van der Waals surface area contributed by atoms with E-state index in [0.29, 0.717) is 36.3 Å². The number of piperidine rings is 1. The summed E-state index contributed by atoms with van der Waals surface area (Å²) in [5.74, 6) is -0.0406. The number of phenols is 1. The van der Waals surface area contributed by atoms with Crippen molar-refractivity contribution in [1.82, 2.24) is 15.1 Å². The van der Waals surface area contributed by atoms with E-state index in [0.717, 1.165) is 97.9 Å². The molecule has 0 radical (unpaired) electrons. The second-order valence-electron chi connectivity index (χ2n) is 15.7. The normalized spacial score (nSPS) is 21.8. The van der Waals surface area contributed by atoms with Crippen molar-refractivity contribution in [2.75, 3.05) is 44.2 Å². The van der Waals surface area contributed by atoms with Gasteiger partial charge in [-0.05, 0) is 115 Å². The molecule has 300 valence electrons. The van der Waals surface area contributed by atoms with Gasteiger partial charge in [0.15, 0.2) is 0 Å². The number of nitrogens with one attached hydrogen (secondary N) is 1. The number of anilines is 1. The first-order valence-electron chi connectivity index (χ1n) is 20.7. The number of benzene rings is 4. The molecule has 0 spiro atoms. The van der Waals surface area contributed by atoms with Gasteiger partial charge in [0.2, 0.25) is 5.91 Å². The molecule has 4 aromatic carbocycles. The highest BCUT2D eigenvalue weighted by Gasteiger charge is 2.44. The first kappa shape index (κ1) is 39.1. The molecule has 4 aliphatic rings. The molecular formula is C48H52N4O6. The number of ether oxygens (including phenoxy) is 2. The fraction of sp³-hybridized carbons (Fsp3) is 0.354. The Labute approximate surface area is 340 Å². The van der Waals surface area contributed by atoms with E-state index in [2.05, 4.69) is 77.2 Å². The monoisotopic (exact) mass is 780 g/mol. The highest BCUT2D eigenvalue weighted by atomic mass is 16.5. The number of nitrogens with zero attached hydrogens (tertiary/aromatic N) is 3. The van der Waals surface area contributed by atoms with Gasteiger partial charge in [0.1, 0.15) is 17.5 Å². The lowest BCUT2D eigenvalue weighted by Crippen LogP contribution is -2.51. The summed E-state index contributed by atoms with van der Waals surface area (Å²) in [6.07, 6.45) is 6.03. The molecule has 4 aromatic rings. The Morgan fingerprint density at radius 2 is 1.41 bits per heavy atom. The molecule has 3 amide bonds. The summed E-state index contributed by atoms with van der Waals surface area (Å²) in [7, 11) is 0. The van der Waals surface area contributed by atoms with Crippen LogP contribution in [-0.4, -0.2) is 90.2 Å². The zero-order valence-corrected chi connectivity index (χ0v) is 33.2. The standard InChI is InChI=1S/C48H52N4O6/c1-3-41(33-7-5-4-6-8-33)45(34-10-15-37(53)16-11-34)35-12-17-39(18-13-35)58-40-21-19-38(20-22-40)57-30-29-50-25-27-51(28-26-50)36-14-23-42-43(31-36)48(56)52(47(42)55)44-24-9-32(2)49-46(44)54/h4-8,10-18,23,31,38,40,44,53H,2-3,9,19-22,24-30H2,1H3,(H,49,54)/b45-41-. The fourth-order valence-corrected chi connectivity index (χ4v) is 8.83. The summed E-state index contributed by atoms with van der Waals surface area (Å²) in [6.45, 7) is 10.9. The van der Waals surface area contributed by atoms with Crippen molar-refractivity contribution < 1.29 is 29.0 Å². The molecule has 3 fully saturated rings. The van der Waals surface area contributed by atoms with Crippen LogP contribution < -0.4 is 15.0 Å². The molecule has 10 heteroatoms. The summed E-state index contributed by atoms with van der Waals surface area (Å²) < 4.78 is 12.8. The lowest BCUT2D eigenvalue weighted by atomic mass is 9.88. The van der Waals surface area contributed by atoms with Crippen LogP contribution in [0.1, 0.15) is 89.3 Å². The van der Waals surface area contributed by atoms with Crippen LogP contribution in [0.4, 0.5) is 5.69 Å².